The molecule has 0 spiro atoms. The number of ether oxygens (including phenoxy) is 2. The van der Waals surface area contributed by atoms with Gasteiger partial charge in [-0.3, -0.25) is 19.7 Å². The van der Waals surface area contributed by atoms with E-state index in [1.165, 1.54) is 36.4 Å². The number of ketones is 1. The number of esters is 2. The van der Waals surface area contributed by atoms with Gasteiger partial charge in [0.1, 0.15) is 19.6 Å². The van der Waals surface area contributed by atoms with Crippen molar-refractivity contribution in [2.24, 2.45) is 0 Å². The molecule has 0 amide bonds. The first-order valence-electron chi connectivity index (χ1n) is 8.39. The number of carbonyl (C=O) groups excluding carboxylic acids is 3. The van der Waals surface area contributed by atoms with Gasteiger partial charge in [-0.25, -0.2) is 4.79 Å². The number of nitro groups is 1. The van der Waals surface area contributed by atoms with Gasteiger partial charge >= 0.3 is 11.9 Å². The van der Waals surface area contributed by atoms with E-state index in [0.717, 1.165) is 6.08 Å². The highest BCUT2D eigenvalue weighted by Crippen LogP contribution is 2.14. The molecule has 8 nitrogen and oxygen atoms in total. The van der Waals surface area contributed by atoms with Gasteiger partial charge in [0.2, 0.25) is 0 Å². The van der Waals surface area contributed by atoms with E-state index in [1.54, 1.807) is 18.2 Å². The van der Waals surface area contributed by atoms with Gasteiger partial charge in [0, 0.05) is 17.2 Å². The van der Waals surface area contributed by atoms with E-state index < -0.39 is 29.1 Å². The van der Waals surface area contributed by atoms with Crippen molar-refractivity contribution in [2.45, 2.75) is 6.42 Å². The van der Waals surface area contributed by atoms with Crippen LogP contribution in [0.5, 0.6) is 0 Å². The quantitative estimate of drug-likeness (QED) is 0.153. The topological polar surface area (TPSA) is 113 Å². The minimum atomic E-state index is -0.777. The summed E-state index contributed by atoms with van der Waals surface area (Å²) in [5, 5.41) is 11.2. The number of benzene rings is 2. The first-order valence-corrected chi connectivity index (χ1v) is 8.76. The lowest BCUT2D eigenvalue weighted by atomic mass is 10.1. The van der Waals surface area contributed by atoms with E-state index in [2.05, 4.69) is 0 Å². The monoisotopic (exact) mass is 417 g/mol. The summed E-state index contributed by atoms with van der Waals surface area (Å²) in [6, 6.07) is 11.8. The van der Waals surface area contributed by atoms with Crippen molar-refractivity contribution in [1.82, 2.24) is 0 Å². The van der Waals surface area contributed by atoms with Gasteiger partial charge in [0.15, 0.2) is 5.78 Å². The third-order valence-corrected chi connectivity index (χ3v) is 3.77. The number of rotatable bonds is 9. The standard InChI is InChI=1S/C20H16ClNO7/c21-16-7-5-15(6-8-16)20(25)29-11-10-28-19(24)13-18(23)9-4-14-2-1-3-17(12-14)22(26)27/h1-9,12H,10-11,13H2. The van der Waals surface area contributed by atoms with Crippen LogP contribution in [0.2, 0.25) is 5.02 Å². The van der Waals surface area contributed by atoms with Gasteiger partial charge in [-0.05, 0) is 35.9 Å². The van der Waals surface area contributed by atoms with Crippen LogP contribution in [0, 0.1) is 10.1 Å². The SMILES string of the molecule is O=C(C=Cc1cccc([N+](=O)[O-])c1)CC(=O)OCCOC(=O)c1ccc(Cl)cc1. The first kappa shape index (κ1) is 21.8. The Kier molecular flexibility index (Phi) is 8.05. The summed E-state index contributed by atoms with van der Waals surface area (Å²) >= 11 is 5.73. The molecule has 2 aromatic rings. The summed E-state index contributed by atoms with van der Waals surface area (Å²) in [6.45, 7) is -0.356. The molecule has 0 atom stereocenters. The molecule has 2 rings (SSSR count). The van der Waals surface area contributed by atoms with E-state index >= 15 is 0 Å². The molecular formula is C20H16ClNO7. The van der Waals surface area contributed by atoms with Crippen molar-refractivity contribution in [3.05, 3.63) is 80.9 Å². The molecule has 0 aliphatic heterocycles. The summed E-state index contributed by atoms with van der Waals surface area (Å²) in [5.74, 6) is -1.89. The lowest BCUT2D eigenvalue weighted by Crippen LogP contribution is -2.15. The summed E-state index contributed by atoms with van der Waals surface area (Å²) in [5.41, 5.74) is 0.657. The van der Waals surface area contributed by atoms with Crippen molar-refractivity contribution in [3.8, 4) is 0 Å². The fourth-order valence-corrected chi connectivity index (χ4v) is 2.27. The van der Waals surface area contributed by atoms with E-state index in [1.807, 2.05) is 0 Å². The molecule has 0 saturated carbocycles. The van der Waals surface area contributed by atoms with Crippen molar-refractivity contribution >= 4 is 41.1 Å². The van der Waals surface area contributed by atoms with Crippen LogP contribution in [0.4, 0.5) is 5.69 Å². The van der Waals surface area contributed by atoms with E-state index in [-0.39, 0.29) is 18.9 Å². The highest BCUT2D eigenvalue weighted by molar-refractivity contribution is 6.30. The van der Waals surface area contributed by atoms with Crippen LogP contribution in [-0.2, 0) is 19.1 Å². The zero-order valence-electron chi connectivity index (χ0n) is 15.1. The van der Waals surface area contributed by atoms with Gasteiger partial charge in [-0.2, -0.15) is 0 Å². The first-order chi connectivity index (χ1) is 13.8. The zero-order valence-corrected chi connectivity index (χ0v) is 15.8. The van der Waals surface area contributed by atoms with Crippen LogP contribution in [0.25, 0.3) is 6.08 Å². The van der Waals surface area contributed by atoms with Gasteiger partial charge in [-0.15, -0.1) is 0 Å². The number of nitro benzene ring substituents is 1. The van der Waals surface area contributed by atoms with Gasteiger partial charge < -0.3 is 9.47 Å². The summed E-state index contributed by atoms with van der Waals surface area (Å²) in [4.78, 5) is 45.3. The van der Waals surface area contributed by atoms with Crippen molar-refractivity contribution in [2.75, 3.05) is 13.2 Å². The Morgan fingerprint density at radius 3 is 2.41 bits per heavy atom. The Hall–Kier alpha value is -3.52. The minimum Gasteiger partial charge on any atom is -0.462 e. The minimum absolute atomic E-state index is 0.104. The second kappa shape index (κ2) is 10.7. The number of non-ortho nitro benzene ring substituents is 1. The molecule has 0 aliphatic carbocycles. The Bertz CT molecular complexity index is 938. The van der Waals surface area contributed by atoms with Crippen molar-refractivity contribution < 1.29 is 28.8 Å². The highest BCUT2D eigenvalue weighted by atomic mass is 35.5. The molecule has 29 heavy (non-hydrogen) atoms. The molecular weight excluding hydrogens is 402 g/mol. The number of allylic oxidation sites excluding steroid dienone is 1. The number of hydrogen-bond acceptors (Lipinski definition) is 7. The van der Waals surface area contributed by atoms with E-state index in [9.17, 15) is 24.5 Å². The van der Waals surface area contributed by atoms with Crippen LogP contribution in [-0.4, -0.2) is 35.9 Å². The molecule has 0 unspecified atom stereocenters. The maximum Gasteiger partial charge on any atom is 0.338 e. The Labute approximate surface area is 170 Å². The van der Waals surface area contributed by atoms with Crippen LogP contribution >= 0.6 is 11.6 Å². The van der Waals surface area contributed by atoms with Gasteiger partial charge in [0.05, 0.1) is 10.5 Å². The molecule has 0 heterocycles. The third kappa shape index (κ3) is 7.55. The van der Waals surface area contributed by atoms with Crippen molar-refractivity contribution in [1.29, 1.82) is 0 Å². The highest BCUT2D eigenvalue weighted by Gasteiger charge is 2.10. The average Bonchev–Trinajstić information content (AvgIpc) is 2.70. The number of hydrogen-bond donors (Lipinski definition) is 0. The summed E-state index contributed by atoms with van der Waals surface area (Å²) < 4.78 is 9.79. The molecule has 0 aliphatic rings. The van der Waals surface area contributed by atoms with E-state index in [0.29, 0.717) is 16.1 Å². The number of carbonyl (C=O) groups is 3. The maximum atomic E-state index is 11.8. The van der Waals surface area contributed by atoms with Crippen molar-refractivity contribution in [3.63, 3.8) is 0 Å². The summed E-state index contributed by atoms with van der Waals surface area (Å²) in [6.07, 6.45) is 2.01. The molecule has 0 saturated heterocycles. The molecule has 2 aromatic carbocycles. The molecule has 0 fully saturated rings. The molecule has 0 radical (unpaired) electrons. The van der Waals surface area contributed by atoms with Crippen LogP contribution < -0.4 is 0 Å². The largest absolute Gasteiger partial charge is 0.462 e. The lowest BCUT2D eigenvalue weighted by molar-refractivity contribution is -0.384. The molecule has 0 aromatic heterocycles. The second-order valence-corrected chi connectivity index (χ2v) is 6.13. The Balaban J connectivity index is 1.71. The smallest absolute Gasteiger partial charge is 0.338 e. The second-order valence-electron chi connectivity index (χ2n) is 5.69. The number of nitrogens with zero attached hydrogens (tertiary/aromatic N) is 1. The van der Waals surface area contributed by atoms with Gasteiger partial charge in [0.25, 0.3) is 5.69 Å². The summed E-state index contributed by atoms with van der Waals surface area (Å²) in [7, 11) is 0. The van der Waals surface area contributed by atoms with Crippen LogP contribution in [0.1, 0.15) is 22.3 Å². The average molecular weight is 418 g/mol. The van der Waals surface area contributed by atoms with Gasteiger partial charge in [-0.1, -0.05) is 29.8 Å². The Morgan fingerprint density at radius 2 is 1.72 bits per heavy atom. The molecule has 0 N–H and O–H groups in total. The lowest BCUT2D eigenvalue weighted by Gasteiger charge is -2.06. The molecule has 0 bridgehead atoms. The number of halogens is 1. The fraction of sp³-hybridized carbons (Fsp3) is 0.150. The van der Waals surface area contributed by atoms with Crippen LogP contribution in [0.3, 0.4) is 0 Å². The normalized spacial score (nSPS) is 10.5. The maximum absolute atomic E-state index is 11.8. The molecule has 150 valence electrons. The van der Waals surface area contributed by atoms with Crippen LogP contribution in [0.15, 0.2) is 54.6 Å². The predicted octanol–water partition coefficient (Wildman–Crippen LogP) is 3.62. The fourth-order valence-electron chi connectivity index (χ4n) is 2.14. The Morgan fingerprint density at radius 1 is 1.03 bits per heavy atom. The third-order valence-electron chi connectivity index (χ3n) is 3.52. The molecule has 9 heteroatoms. The van der Waals surface area contributed by atoms with E-state index in [4.69, 9.17) is 21.1 Å². The predicted molar refractivity (Wildman–Crippen MR) is 104 cm³/mol. The zero-order chi connectivity index (χ0) is 21.2.